The minimum Gasteiger partial charge on any atom is -0.370 e. The van der Waals surface area contributed by atoms with Gasteiger partial charge in [0.1, 0.15) is 0 Å². The first-order chi connectivity index (χ1) is 13.6. The zero-order chi connectivity index (χ0) is 19.8. The molecule has 0 atom stereocenters. The second kappa shape index (κ2) is 9.55. The predicted molar refractivity (Wildman–Crippen MR) is 109 cm³/mol. The summed E-state index contributed by atoms with van der Waals surface area (Å²) in [6, 6.07) is 17.4. The van der Waals surface area contributed by atoms with Gasteiger partial charge in [0.25, 0.3) is 5.91 Å². The molecule has 4 N–H and O–H groups in total. The maximum atomic E-state index is 12.4. The van der Waals surface area contributed by atoms with Crippen LogP contribution in [0.2, 0.25) is 0 Å². The third-order valence-corrected chi connectivity index (χ3v) is 4.52. The molecule has 1 aliphatic heterocycles. The fourth-order valence-corrected chi connectivity index (χ4v) is 2.96. The van der Waals surface area contributed by atoms with Crippen LogP contribution in [-0.2, 0) is 17.8 Å². The Morgan fingerprint density at radius 2 is 1.86 bits per heavy atom. The summed E-state index contributed by atoms with van der Waals surface area (Å²) < 4.78 is 0. The Morgan fingerprint density at radius 1 is 1.11 bits per heavy atom. The fourth-order valence-electron chi connectivity index (χ4n) is 2.96. The van der Waals surface area contributed by atoms with Gasteiger partial charge in [0.05, 0.1) is 13.1 Å². The molecule has 1 fully saturated rings. The van der Waals surface area contributed by atoms with Gasteiger partial charge in [-0.1, -0.05) is 42.5 Å². The average Bonchev–Trinajstić information content (AvgIpc) is 2.73. The number of nitrogens with one attached hydrogen (secondary N) is 2. The third-order valence-electron chi connectivity index (χ3n) is 4.52. The zero-order valence-electron chi connectivity index (χ0n) is 15.7. The van der Waals surface area contributed by atoms with Crippen LogP contribution >= 0.6 is 0 Å². The number of nitrogens with zero attached hydrogens (tertiary/aromatic N) is 2. The predicted octanol–water partition coefficient (Wildman–Crippen LogP) is 0.906. The van der Waals surface area contributed by atoms with E-state index >= 15 is 0 Å². The van der Waals surface area contributed by atoms with Crippen molar-refractivity contribution < 1.29 is 9.59 Å². The van der Waals surface area contributed by atoms with E-state index in [1.54, 1.807) is 17.0 Å². The van der Waals surface area contributed by atoms with E-state index in [-0.39, 0.29) is 18.4 Å². The van der Waals surface area contributed by atoms with Crippen LogP contribution in [0, 0.1) is 0 Å². The number of guanidine groups is 1. The van der Waals surface area contributed by atoms with Gasteiger partial charge in [-0.3, -0.25) is 9.59 Å². The summed E-state index contributed by atoms with van der Waals surface area (Å²) in [4.78, 5) is 29.8. The fraction of sp³-hybridized carbons (Fsp3) is 0.286. The molecule has 0 aromatic heterocycles. The highest BCUT2D eigenvalue weighted by Gasteiger charge is 2.21. The Balaban J connectivity index is 1.47. The highest BCUT2D eigenvalue weighted by molar-refractivity contribution is 5.97. The number of amides is 2. The number of aliphatic imine (C=N–C) groups is 1. The lowest BCUT2D eigenvalue weighted by atomic mass is 10.1. The van der Waals surface area contributed by atoms with Gasteiger partial charge in [-0.2, -0.15) is 0 Å². The van der Waals surface area contributed by atoms with Gasteiger partial charge in [-0.05, 0) is 29.7 Å². The largest absolute Gasteiger partial charge is 0.370 e. The van der Waals surface area contributed by atoms with E-state index < -0.39 is 0 Å². The van der Waals surface area contributed by atoms with E-state index in [9.17, 15) is 9.59 Å². The monoisotopic (exact) mass is 379 g/mol. The van der Waals surface area contributed by atoms with Crippen molar-refractivity contribution in [3.05, 3.63) is 71.3 Å². The normalized spacial score (nSPS) is 14.5. The number of carbonyl (C=O) groups is 2. The summed E-state index contributed by atoms with van der Waals surface area (Å²) in [7, 11) is 0. The maximum Gasteiger partial charge on any atom is 0.254 e. The van der Waals surface area contributed by atoms with Crippen LogP contribution in [0.3, 0.4) is 0 Å². The molecule has 0 spiro atoms. The standard InChI is InChI=1S/C21H25N5O2/c22-21(24-11-10-16-4-2-1-3-5-16)25-14-17-6-8-18(9-7-17)20(28)26-13-12-23-19(27)15-26/h1-9H,10-15H2,(H,23,27)(H3,22,24,25). The van der Waals surface area contributed by atoms with E-state index in [0.29, 0.717) is 31.2 Å². The molecule has 28 heavy (non-hydrogen) atoms. The first-order valence-corrected chi connectivity index (χ1v) is 9.34. The molecule has 2 aromatic rings. The van der Waals surface area contributed by atoms with Crippen molar-refractivity contribution in [1.29, 1.82) is 0 Å². The van der Waals surface area contributed by atoms with Crippen LogP contribution < -0.4 is 16.4 Å². The zero-order valence-corrected chi connectivity index (χ0v) is 15.7. The van der Waals surface area contributed by atoms with Gasteiger partial charge in [0, 0.05) is 25.2 Å². The van der Waals surface area contributed by atoms with E-state index in [1.165, 1.54) is 5.56 Å². The SMILES string of the molecule is NC(=NCc1ccc(C(=O)N2CCNC(=O)C2)cc1)NCCc1ccccc1. The maximum absolute atomic E-state index is 12.4. The molecule has 3 rings (SSSR count). The van der Waals surface area contributed by atoms with Crippen molar-refractivity contribution in [1.82, 2.24) is 15.5 Å². The minimum atomic E-state index is -0.132. The van der Waals surface area contributed by atoms with Crippen molar-refractivity contribution in [2.75, 3.05) is 26.2 Å². The molecule has 146 valence electrons. The summed E-state index contributed by atoms with van der Waals surface area (Å²) in [5.74, 6) is 0.142. The van der Waals surface area contributed by atoms with Crippen LogP contribution in [0.15, 0.2) is 59.6 Å². The number of benzene rings is 2. The van der Waals surface area contributed by atoms with E-state index in [4.69, 9.17) is 5.73 Å². The van der Waals surface area contributed by atoms with Crippen molar-refractivity contribution in [3.63, 3.8) is 0 Å². The summed E-state index contributed by atoms with van der Waals surface area (Å²) in [6.45, 7) is 2.28. The van der Waals surface area contributed by atoms with Gasteiger partial charge in [-0.25, -0.2) is 4.99 Å². The van der Waals surface area contributed by atoms with Gasteiger partial charge in [0.2, 0.25) is 5.91 Å². The molecule has 0 bridgehead atoms. The molecular formula is C21H25N5O2. The highest BCUT2D eigenvalue weighted by atomic mass is 16.2. The Labute approximate surface area is 164 Å². The summed E-state index contributed by atoms with van der Waals surface area (Å²) in [6.07, 6.45) is 0.877. The lowest BCUT2D eigenvalue weighted by molar-refractivity contribution is -0.123. The third kappa shape index (κ3) is 5.57. The molecular weight excluding hydrogens is 354 g/mol. The first-order valence-electron chi connectivity index (χ1n) is 9.34. The van der Waals surface area contributed by atoms with E-state index in [1.807, 2.05) is 30.3 Å². The lowest BCUT2D eigenvalue weighted by Crippen LogP contribution is -2.49. The van der Waals surface area contributed by atoms with Crippen molar-refractivity contribution in [3.8, 4) is 0 Å². The van der Waals surface area contributed by atoms with E-state index in [0.717, 1.165) is 18.5 Å². The van der Waals surface area contributed by atoms with Crippen LogP contribution in [-0.4, -0.2) is 48.9 Å². The molecule has 2 aromatic carbocycles. The number of hydrogen-bond acceptors (Lipinski definition) is 3. The van der Waals surface area contributed by atoms with Gasteiger partial charge < -0.3 is 21.3 Å². The van der Waals surface area contributed by atoms with Crippen molar-refractivity contribution in [2.45, 2.75) is 13.0 Å². The van der Waals surface area contributed by atoms with Crippen molar-refractivity contribution in [2.24, 2.45) is 10.7 Å². The second-order valence-electron chi connectivity index (χ2n) is 6.64. The summed E-state index contributed by atoms with van der Waals surface area (Å²) in [5, 5.41) is 5.82. The topological polar surface area (TPSA) is 99.8 Å². The van der Waals surface area contributed by atoms with Crippen LogP contribution in [0.5, 0.6) is 0 Å². The molecule has 1 saturated heterocycles. The molecule has 1 aliphatic rings. The second-order valence-corrected chi connectivity index (χ2v) is 6.64. The molecule has 7 heteroatoms. The molecule has 7 nitrogen and oxygen atoms in total. The molecule has 0 saturated carbocycles. The quantitative estimate of drug-likeness (QED) is 0.513. The summed E-state index contributed by atoms with van der Waals surface area (Å²) in [5.41, 5.74) is 8.68. The Morgan fingerprint density at radius 3 is 2.57 bits per heavy atom. The highest BCUT2D eigenvalue weighted by Crippen LogP contribution is 2.10. The number of hydrogen-bond donors (Lipinski definition) is 3. The van der Waals surface area contributed by atoms with Gasteiger partial charge in [0.15, 0.2) is 5.96 Å². The Bertz CT molecular complexity index is 834. The van der Waals surface area contributed by atoms with Crippen molar-refractivity contribution >= 4 is 17.8 Å². The molecule has 0 aliphatic carbocycles. The van der Waals surface area contributed by atoms with Crippen LogP contribution in [0.4, 0.5) is 0 Å². The van der Waals surface area contributed by atoms with Crippen LogP contribution in [0.25, 0.3) is 0 Å². The lowest BCUT2D eigenvalue weighted by Gasteiger charge is -2.26. The number of piperazine rings is 1. The molecule has 2 amide bonds. The Hall–Kier alpha value is -3.35. The Kier molecular flexibility index (Phi) is 6.62. The van der Waals surface area contributed by atoms with Gasteiger partial charge >= 0.3 is 0 Å². The number of rotatable bonds is 6. The smallest absolute Gasteiger partial charge is 0.254 e. The van der Waals surface area contributed by atoms with Crippen LogP contribution in [0.1, 0.15) is 21.5 Å². The number of carbonyl (C=O) groups excluding carboxylic acids is 2. The molecule has 1 heterocycles. The summed E-state index contributed by atoms with van der Waals surface area (Å²) >= 11 is 0. The van der Waals surface area contributed by atoms with E-state index in [2.05, 4.69) is 27.8 Å². The van der Waals surface area contributed by atoms with Gasteiger partial charge in [-0.15, -0.1) is 0 Å². The number of nitrogens with two attached hydrogens (primary N) is 1. The molecule has 0 unspecified atom stereocenters. The molecule has 0 radical (unpaired) electrons. The first kappa shape index (κ1) is 19.4. The average molecular weight is 379 g/mol. The minimum absolute atomic E-state index is 0.107.